The van der Waals surface area contributed by atoms with Crippen LogP contribution in [0.1, 0.15) is 41.6 Å². The highest BCUT2D eigenvalue weighted by Gasteiger charge is 2.32. The van der Waals surface area contributed by atoms with Gasteiger partial charge in [-0.3, -0.25) is 4.79 Å². The molecule has 8 heteroatoms. The molecule has 0 N–H and O–H groups in total. The second-order valence-corrected chi connectivity index (χ2v) is 9.61. The third-order valence-electron chi connectivity index (χ3n) is 6.49. The summed E-state index contributed by atoms with van der Waals surface area (Å²) in [5.41, 5.74) is 3.16. The molecule has 0 spiro atoms. The Kier molecular flexibility index (Phi) is 5.53. The summed E-state index contributed by atoms with van der Waals surface area (Å²) in [7, 11) is 1.38. The highest BCUT2D eigenvalue weighted by Crippen LogP contribution is 2.45. The molecule has 35 heavy (non-hydrogen) atoms. The fraction of sp³-hybridized carbons (Fsp3) is 0.259. The highest BCUT2D eigenvalue weighted by atomic mass is 32.1. The molecule has 6 rings (SSSR count). The van der Waals surface area contributed by atoms with Crippen LogP contribution >= 0.6 is 11.3 Å². The van der Waals surface area contributed by atoms with Crippen molar-refractivity contribution in [2.24, 2.45) is 0 Å². The average Bonchev–Trinajstić information content (AvgIpc) is 3.58. The van der Waals surface area contributed by atoms with Gasteiger partial charge in [0.05, 0.1) is 30.4 Å². The first-order valence-corrected chi connectivity index (χ1v) is 12.3. The number of carbonyl (C=O) groups excluding carboxylic acids is 1. The fourth-order valence-corrected chi connectivity index (χ4v) is 5.62. The topological polar surface area (TPSA) is 66.9 Å². The number of para-hydroxylation sites is 1. The third kappa shape index (κ3) is 4.08. The second-order valence-electron chi connectivity index (χ2n) is 8.62. The average molecular weight is 492 g/mol. The van der Waals surface area contributed by atoms with Crippen molar-refractivity contribution in [3.63, 3.8) is 0 Å². The summed E-state index contributed by atoms with van der Waals surface area (Å²) in [6, 6.07) is 16.5. The quantitative estimate of drug-likeness (QED) is 0.294. The van der Waals surface area contributed by atoms with Crippen LogP contribution in [0.2, 0.25) is 0 Å². The summed E-state index contributed by atoms with van der Waals surface area (Å²) in [6.45, 7) is 0.418. The van der Waals surface area contributed by atoms with E-state index in [9.17, 15) is 9.18 Å². The lowest BCUT2D eigenvalue weighted by Gasteiger charge is -2.17. The summed E-state index contributed by atoms with van der Waals surface area (Å²) < 4.78 is 38.9. The number of nitrogens with zero attached hydrogens (tertiary/aromatic N) is 1. The Morgan fingerprint density at radius 2 is 2.09 bits per heavy atom. The largest absolute Gasteiger partial charge is 0.492 e. The van der Waals surface area contributed by atoms with Gasteiger partial charge in [-0.1, -0.05) is 29.5 Å². The first-order chi connectivity index (χ1) is 17.1. The lowest BCUT2D eigenvalue weighted by Crippen LogP contribution is -2.09. The van der Waals surface area contributed by atoms with Crippen LogP contribution in [0.25, 0.3) is 10.2 Å². The maximum atomic E-state index is 14.9. The summed E-state index contributed by atoms with van der Waals surface area (Å²) >= 11 is 1.46. The number of fused-ring (bicyclic) bond motifs is 3. The van der Waals surface area contributed by atoms with E-state index in [1.165, 1.54) is 24.5 Å². The van der Waals surface area contributed by atoms with Gasteiger partial charge in [0.1, 0.15) is 29.2 Å². The van der Waals surface area contributed by atoms with E-state index >= 15 is 0 Å². The van der Waals surface area contributed by atoms with Crippen molar-refractivity contribution in [1.82, 2.24) is 4.98 Å². The van der Waals surface area contributed by atoms with Gasteiger partial charge in [0, 0.05) is 28.7 Å². The normalized spacial score (nSPS) is 18.1. The molecular weight excluding hydrogens is 469 g/mol. The number of aromatic nitrogens is 1. The van der Waals surface area contributed by atoms with Crippen LogP contribution in [-0.4, -0.2) is 24.7 Å². The Morgan fingerprint density at radius 3 is 2.94 bits per heavy atom. The van der Waals surface area contributed by atoms with E-state index in [1.807, 2.05) is 42.5 Å². The molecule has 0 saturated heterocycles. The van der Waals surface area contributed by atoms with E-state index in [-0.39, 0.29) is 24.1 Å². The molecule has 0 radical (unpaired) electrons. The van der Waals surface area contributed by atoms with Gasteiger partial charge in [-0.05, 0) is 43.2 Å². The Labute approximate surface area is 205 Å². The molecule has 178 valence electrons. The number of esters is 1. The maximum absolute atomic E-state index is 14.9. The van der Waals surface area contributed by atoms with E-state index in [0.29, 0.717) is 47.5 Å². The van der Waals surface area contributed by atoms with Crippen LogP contribution < -0.4 is 14.2 Å². The smallest absolute Gasteiger partial charge is 0.306 e. The van der Waals surface area contributed by atoms with Crippen molar-refractivity contribution in [2.75, 3.05) is 13.7 Å². The molecular formula is C27H22FNO5S. The SMILES string of the molecule is COC(=O)CC1COc2cc(O[C@@H]3CCc4c(Oc5nc6ccccc6s5)ccc(F)c43)ccc21. The summed E-state index contributed by atoms with van der Waals surface area (Å²) in [6.07, 6.45) is 1.10. The molecule has 1 unspecified atom stereocenters. The number of hydrogen-bond acceptors (Lipinski definition) is 7. The van der Waals surface area contributed by atoms with Crippen LogP contribution in [0.15, 0.2) is 54.6 Å². The van der Waals surface area contributed by atoms with E-state index in [1.54, 1.807) is 6.07 Å². The lowest BCUT2D eigenvalue weighted by molar-refractivity contribution is -0.141. The molecule has 0 saturated carbocycles. The lowest BCUT2D eigenvalue weighted by atomic mass is 9.98. The Morgan fingerprint density at radius 1 is 1.20 bits per heavy atom. The van der Waals surface area contributed by atoms with Gasteiger partial charge < -0.3 is 18.9 Å². The van der Waals surface area contributed by atoms with Crippen molar-refractivity contribution in [1.29, 1.82) is 0 Å². The molecule has 3 aromatic carbocycles. The molecule has 0 bridgehead atoms. The Balaban J connectivity index is 1.23. The van der Waals surface area contributed by atoms with Crippen LogP contribution in [0.4, 0.5) is 4.39 Å². The first-order valence-electron chi connectivity index (χ1n) is 11.4. The molecule has 1 aromatic heterocycles. The molecule has 2 aliphatic rings. The van der Waals surface area contributed by atoms with E-state index in [0.717, 1.165) is 21.3 Å². The summed E-state index contributed by atoms with van der Waals surface area (Å²) in [5.74, 6) is 1.26. The van der Waals surface area contributed by atoms with Crippen LogP contribution in [0.5, 0.6) is 22.4 Å². The minimum Gasteiger partial charge on any atom is -0.492 e. The van der Waals surface area contributed by atoms with Crippen LogP contribution in [0, 0.1) is 5.82 Å². The van der Waals surface area contributed by atoms with Gasteiger partial charge in [0.15, 0.2) is 0 Å². The molecule has 1 aliphatic heterocycles. The predicted octanol–water partition coefficient (Wildman–Crippen LogP) is 6.33. The number of thiazole rings is 1. The third-order valence-corrected chi connectivity index (χ3v) is 7.41. The highest BCUT2D eigenvalue weighted by molar-refractivity contribution is 7.20. The van der Waals surface area contributed by atoms with Gasteiger partial charge in [-0.15, -0.1) is 0 Å². The zero-order chi connectivity index (χ0) is 23.9. The Hall–Kier alpha value is -3.65. The van der Waals surface area contributed by atoms with Crippen molar-refractivity contribution in [3.05, 3.63) is 77.1 Å². The van der Waals surface area contributed by atoms with Crippen LogP contribution in [-0.2, 0) is 16.0 Å². The zero-order valence-electron chi connectivity index (χ0n) is 19.0. The molecule has 0 fully saturated rings. The van der Waals surface area contributed by atoms with E-state index < -0.39 is 6.10 Å². The molecule has 6 nitrogen and oxygen atoms in total. The predicted molar refractivity (Wildman–Crippen MR) is 129 cm³/mol. The standard InChI is InChI=1S/C27H22FNO5S/c1-31-25(30)12-15-14-32-23-13-16(6-7-17(15)23)33-22-10-8-18-21(11-9-19(28)26(18)22)34-27-29-20-4-2-3-5-24(20)35-27/h2-7,9,11,13,15,22H,8,10,12,14H2,1H3/t15?,22-/m1/s1. The van der Waals surface area contributed by atoms with Gasteiger partial charge in [-0.25, -0.2) is 9.37 Å². The van der Waals surface area contributed by atoms with E-state index in [2.05, 4.69) is 4.98 Å². The summed E-state index contributed by atoms with van der Waals surface area (Å²) in [4.78, 5) is 16.2. The van der Waals surface area contributed by atoms with Crippen molar-refractivity contribution in [2.45, 2.75) is 31.3 Å². The summed E-state index contributed by atoms with van der Waals surface area (Å²) in [5, 5.41) is 0.529. The fourth-order valence-electron chi connectivity index (χ4n) is 4.79. The molecule has 2 heterocycles. The number of halogens is 1. The number of hydrogen-bond donors (Lipinski definition) is 0. The number of methoxy groups -OCH3 is 1. The van der Waals surface area contributed by atoms with Gasteiger partial charge >= 0.3 is 5.97 Å². The Bertz CT molecular complexity index is 1400. The van der Waals surface area contributed by atoms with Gasteiger partial charge in [0.25, 0.3) is 5.19 Å². The number of carbonyl (C=O) groups is 1. The van der Waals surface area contributed by atoms with Crippen molar-refractivity contribution in [3.8, 4) is 22.4 Å². The minimum absolute atomic E-state index is 0.0432. The minimum atomic E-state index is -0.436. The van der Waals surface area contributed by atoms with Gasteiger partial charge in [-0.2, -0.15) is 0 Å². The molecule has 2 atom stereocenters. The van der Waals surface area contributed by atoms with Crippen molar-refractivity contribution < 1.29 is 28.1 Å². The van der Waals surface area contributed by atoms with E-state index in [4.69, 9.17) is 18.9 Å². The number of rotatable bonds is 6. The number of benzene rings is 3. The molecule has 1 aliphatic carbocycles. The first kappa shape index (κ1) is 21.9. The second kappa shape index (κ2) is 8.85. The van der Waals surface area contributed by atoms with Crippen molar-refractivity contribution >= 4 is 27.5 Å². The number of ether oxygens (including phenoxy) is 4. The van der Waals surface area contributed by atoms with Gasteiger partial charge in [0.2, 0.25) is 0 Å². The maximum Gasteiger partial charge on any atom is 0.306 e. The molecule has 0 amide bonds. The molecule has 4 aromatic rings. The van der Waals surface area contributed by atoms with Crippen LogP contribution in [0.3, 0.4) is 0 Å². The zero-order valence-corrected chi connectivity index (χ0v) is 19.8. The monoisotopic (exact) mass is 491 g/mol.